The van der Waals surface area contributed by atoms with Crippen LogP contribution in [0.15, 0.2) is 29.0 Å². The molecule has 0 atom stereocenters. The zero-order valence-electron chi connectivity index (χ0n) is 9.71. The molecular formula is C11H12N4O3. The van der Waals surface area contributed by atoms with Crippen molar-refractivity contribution in [1.82, 2.24) is 10.1 Å². The number of hydrogen-bond donors (Lipinski definition) is 2. The van der Waals surface area contributed by atoms with Gasteiger partial charge in [0.05, 0.1) is 17.6 Å². The number of nitrogen functional groups attached to an aromatic ring is 1. The number of carbonyl (C=O) groups excluding carboxylic acids is 1. The highest BCUT2D eigenvalue weighted by molar-refractivity contribution is 6.04. The maximum Gasteiger partial charge on any atom is 0.277 e. The lowest BCUT2D eigenvalue weighted by Crippen LogP contribution is -2.13. The summed E-state index contributed by atoms with van der Waals surface area (Å²) >= 11 is 0. The number of amides is 1. The SMILES string of the molecule is COCc1cc(C(=O)Nc2ccncc2N)no1. The molecule has 0 bridgehead atoms. The fraction of sp³-hybridized carbons (Fsp3) is 0.182. The molecule has 3 N–H and O–H groups in total. The van der Waals surface area contributed by atoms with Crippen LogP contribution in [0.3, 0.4) is 0 Å². The van der Waals surface area contributed by atoms with Crippen molar-refractivity contribution >= 4 is 17.3 Å². The van der Waals surface area contributed by atoms with Gasteiger partial charge in [-0.25, -0.2) is 0 Å². The molecule has 0 fully saturated rings. The van der Waals surface area contributed by atoms with Crippen LogP contribution in [-0.4, -0.2) is 23.2 Å². The number of ether oxygens (including phenoxy) is 1. The first-order chi connectivity index (χ1) is 8.70. The van der Waals surface area contributed by atoms with E-state index in [9.17, 15) is 4.79 Å². The Bertz CT molecular complexity index is 553. The van der Waals surface area contributed by atoms with Crippen molar-refractivity contribution in [2.45, 2.75) is 6.61 Å². The second-order valence-corrected chi connectivity index (χ2v) is 3.53. The lowest BCUT2D eigenvalue weighted by atomic mass is 10.3. The third kappa shape index (κ3) is 2.64. The van der Waals surface area contributed by atoms with Gasteiger partial charge in [-0.1, -0.05) is 5.16 Å². The maximum atomic E-state index is 11.8. The number of nitrogens with two attached hydrogens (primary N) is 1. The fourth-order valence-electron chi connectivity index (χ4n) is 1.34. The zero-order chi connectivity index (χ0) is 13.0. The van der Waals surface area contributed by atoms with Crippen LogP contribution in [0.4, 0.5) is 11.4 Å². The van der Waals surface area contributed by atoms with Crippen molar-refractivity contribution in [2.75, 3.05) is 18.2 Å². The third-order valence-corrected chi connectivity index (χ3v) is 2.18. The molecule has 18 heavy (non-hydrogen) atoms. The molecule has 0 aliphatic rings. The molecule has 0 aromatic carbocycles. The van der Waals surface area contributed by atoms with Crippen LogP contribution >= 0.6 is 0 Å². The van der Waals surface area contributed by atoms with Gasteiger partial charge in [-0.2, -0.15) is 0 Å². The lowest BCUT2D eigenvalue weighted by Gasteiger charge is -2.04. The Balaban J connectivity index is 2.10. The first-order valence-corrected chi connectivity index (χ1v) is 5.16. The molecule has 0 saturated heterocycles. The predicted molar refractivity (Wildman–Crippen MR) is 63.8 cm³/mol. The van der Waals surface area contributed by atoms with E-state index in [1.807, 2.05) is 0 Å². The Morgan fingerprint density at radius 2 is 2.44 bits per heavy atom. The summed E-state index contributed by atoms with van der Waals surface area (Å²) < 4.78 is 9.78. The summed E-state index contributed by atoms with van der Waals surface area (Å²) in [4.78, 5) is 15.7. The monoisotopic (exact) mass is 248 g/mol. The summed E-state index contributed by atoms with van der Waals surface area (Å²) in [7, 11) is 1.53. The fourth-order valence-corrected chi connectivity index (χ4v) is 1.34. The van der Waals surface area contributed by atoms with E-state index in [0.717, 1.165) is 0 Å². The van der Waals surface area contributed by atoms with Gasteiger partial charge in [0.2, 0.25) is 0 Å². The summed E-state index contributed by atoms with van der Waals surface area (Å²) in [5.74, 6) is 0.0735. The Hall–Kier alpha value is -2.41. The average molecular weight is 248 g/mol. The van der Waals surface area contributed by atoms with E-state index in [1.165, 1.54) is 25.6 Å². The topological polar surface area (TPSA) is 103 Å². The number of nitrogens with one attached hydrogen (secondary N) is 1. The van der Waals surface area contributed by atoms with Crippen molar-refractivity contribution in [3.63, 3.8) is 0 Å². The zero-order valence-corrected chi connectivity index (χ0v) is 9.71. The van der Waals surface area contributed by atoms with E-state index in [2.05, 4.69) is 15.5 Å². The number of aromatic nitrogens is 2. The minimum Gasteiger partial charge on any atom is -0.396 e. The number of methoxy groups -OCH3 is 1. The first-order valence-electron chi connectivity index (χ1n) is 5.16. The molecule has 2 aromatic rings. The highest BCUT2D eigenvalue weighted by Crippen LogP contribution is 2.16. The van der Waals surface area contributed by atoms with E-state index >= 15 is 0 Å². The van der Waals surface area contributed by atoms with Crippen LogP contribution in [0.25, 0.3) is 0 Å². The minimum atomic E-state index is -0.404. The van der Waals surface area contributed by atoms with Gasteiger partial charge in [-0.3, -0.25) is 9.78 Å². The standard InChI is InChI=1S/C11H12N4O3/c1-17-6-7-4-10(15-18-7)11(16)14-9-2-3-13-5-8(9)12/h2-5H,6,12H2,1H3,(H,13,14,16). The van der Waals surface area contributed by atoms with Crippen molar-refractivity contribution < 1.29 is 14.1 Å². The van der Waals surface area contributed by atoms with E-state index in [0.29, 0.717) is 17.1 Å². The Labute approximate surface area is 103 Å². The molecule has 94 valence electrons. The van der Waals surface area contributed by atoms with Gasteiger partial charge < -0.3 is 20.3 Å². The molecule has 0 saturated carbocycles. The summed E-state index contributed by atoms with van der Waals surface area (Å²) in [6.07, 6.45) is 2.99. The largest absolute Gasteiger partial charge is 0.396 e. The average Bonchev–Trinajstić information content (AvgIpc) is 2.81. The predicted octanol–water partition coefficient (Wildman–Crippen LogP) is 1.05. The maximum absolute atomic E-state index is 11.8. The van der Waals surface area contributed by atoms with Crippen LogP contribution in [-0.2, 0) is 11.3 Å². The van der Waals surface area contributed by atoms with Crippen molar-refractivity contribution in [3.8, 4) is 0 Å². The van der Waals surface area contributed by atoms with Crippen molar-refractivity contribution in [1.29, 1.82) is 0 Å². The molecule has 0 spiro atoms. The summed E-state index contributed by atoms with van der Waals surface area (Å²) in [5.41, 5.74) is 6.68. The molecule has 2 aromatic heterocycles. The molecule has 1 amide bonds. The number of pyridine rings is 1. The highest BCUT2D eigenvalue weighted by atomic mass is 16.5. The van der Waals surface area contributed by atoms with Gasteiger partial charge in [0.1, 0.15) is 6.61 Å². The minimum absolute atomic E-state index is 0.165. The van der Waals surface area contributed by atoms with E-state index in [-0.39, 0.29) is 12.3 Å². The highest BCUT2D eigenvalue weighted by Gasteiger charge is 2.13. The van der Waals surface area contributed by atoms with Crippen LogP contribution in [0, 0.1) is 0 Å². The smallest absolute Gasteiger partial charge is 0.277 e. The Morgan fingerprint density at radius 1 is 1.61 bits per heavy atom. The van der Waals surface area contributed by atoms with Gasteiger partial charge in [0.15, 0.2) is 11.5 Å². The Kier molecular flexibility index (Phi) is 3.54. The molecule has 0 radical (unpaired) electrons. The van der Waals surface area contributed by atoms with Gasteiger partial charge in [-0.05, 0) is 6.07 Å². The van der Waals surface area contributed by atoms with Crippen LogP contribution in [0.5, 0.6) is 0 Å². The third-order valence-electron chi connectivity index (χ3n) is 2.18. The lowest BCUT2D eigenvalue weighted by molar-refractivity contribution is 0.101. The number of anilines is 2. The molecule has 2 heterocycles. The Morgan fingerprint density at radius 3 is 3.17 bits per heavy atom. The van der Waals surface area contributed by atoms with E-state index < -0.39 is 5.91 Å². The van der Waals surface area contributed by atoms with Crippen molar-refractivity contribution in [3.05, 3.63) is 36.0 Å². The number of carbonyl (C=O) groups is 1. The number of rotatable bonds is 4. The second kappa shape index (κ2) is 5.28. The normalized spacial score (nSPS) is 10.3. The summed E-state index contributed by atoms with van der Waals surface area (Å²) in [5, 5.41) is 6.25. The van der Waals surface area contributed by atoms with E-state index in [4.69, 9.17) is 15.0 Å². The quantitative estimate of drug-likeness (QED) is 0.838. The molecule has 7 nitrogen and oxygen atoms in total. The van der Waals surface area contributed by atoms with Gasteiger partial charge in [0, 0.05) is 19.4 Å². The van der Waals surface area contributed by atoms with E-state index in [1.54, 1.807) is 6.07 Å². The van der Waals surface area contributed by atoms with Crippen LogP contribution < -0.4 is 11.1 Å². The summed E-state index contributed by atoms with van der Waals surface area (Å²) in [6, 6.07) is 3.11. The van der Waals surface area contributed by atoms with Gasteiger partial charge in [-0.15, -0.1) is 0 Å². The number of nitrogens with zero attached hydrogens (tertiary/aromatic N) is 2. The molecule has 2 rings (SSSR count). The molecular weight excluding hydrogens is 236 g/mol. The molecule has 0 unspecified atom stereocenters. The number of hydrogen-bond acceptors (Lipinski definition) is 6. The van der Waals surface area contributed by atoms with Gasteiger partial charge in [0.25, 0.3) is 5.91 Å². The van der Waals surface area contributed by atoms with Crippen LogP contribution in [0.2, 0.25) is 0 Å². The molecule has 7 heteroatoms. The second-order valence-electron chi connectivity index (χ2n) is 3.53. The molecule has 0 aliphatic heterocycles. The first kappa shape index (κ1) is 12.1. The van der Waals surface area contributed by atoms with Crippen molar-refractivity contribution in [2.24, 2.45) is 0 Å². The van der Waals surface area contributed by atoms with Crippen LogP contribution in [0.1, 0.15) is 16.2 Å². The van der Waals surface area contributed by atoms with Gasteiger partial charge >= 0.3 is 0 Å². The molecule has 0 aliphatic carbocycles. The summed E-state index contributed by atoms with van der Waals surface area (Å²) in [6.45, 7) is 0.262.